The van der Waals surface area contributed by atoms with E-state index in [0.717, 1.165) is 31.2 Å². The summed E-state index contributed by atoms with van der Waals surface area (Å²) in [6.07, 6.45) is 3.48. The molecule has 2 atom stereocenters. The van der Waals surface area contributed by atoms with Crippen LogP contribution in [-0.4, -0.2) is 41.4 Å². The van der Waals surface area contributed by atoms with Crippen molar-refractivity contribution in [1.29, 1.82) is 0 Å². The van der Waals surface area contributed by atoms with Crippen molar-refractivity contribution in [2.45, 2.75) is 58.1 Å². The van der Waals surface area contributed by atoms with E-state index < -0.39 is 23.9 Å². The van der Waals surface area contributed by atoms with Gasteiger partial charge in [0.25, 0.3) is 5.91 Å². The van der Waals surface area contributed by atoms with E-state index >= 15 is 0 Å². The highest BCUT2D eigenvalue weighted by Crippen LogP contribution is 2.30. The van der Waals surface area contributed by atoms with Crippen molar-refractivity contribution in [3.05, 3.63) is 28.8 Å². The van der Waals surface area contributed by atoms with Gasteiger partial charge >= 0.3 is 5.97 Å². The Hall–Kier alpha value is -2.08. The summed E-state index contributed by atoms with van der Waals surface area (Å²) in [5.74, 6) is -1.41. The number of ether oxygens (including phenoxy) is 1. The van der Waals surface area contributed by atoms with Gasteiger partial charge in [-0.05, 0) is 44.4 Å². The zero-order chi connectivity index (χ0) is 19.6. The Bertz CT molecular complexity index is 745. The Morgan fingerprint density at radius 2 is 2.00 bits per heavy atom. The van der Waals surface area contributed by atoms with E-state index in [4.69, 9.17) is 16.3 Å². The fourth-order valence-electron chi connectivity index (χ4n) is 3.76. The molecule has 1 saturated heterocycles. The van der Waals surface area contributed by atoms with Crippen LogP contribution in [0, 0.1) is 12.8 Å². The Labute approximate surface area is 164 Å². The summed E-state index contributed by atoms with van der Waals surface area (Å²) in [5.41, 5.74) is 1.33. The molecule has 1 N–H and O–H groups in total. The van der Waals surface area contributed by atoms with Crippen molar-refractivity contribution in [3.8, 4) is 0 Å². The van der Waals surface area contributed by atoms with Crippen molar-refractivity contribution < 1.29 is 19.1 Å². The zero-order valence-electron chi connectivity index (χ0n) is 15.7. The third kappa shape index (κ3) is 4.43. The van der Waals surface area contributed by atoms with Crippen LogP contribution in [0.25, 0.3) is 0 Å². The predicted molar refractivity (Wildman–Crippen MR) is 102 cm³/mol. The first-order valence-electron chi connectivity index (χ1n) is 9.42. The minimum Gasteiger partial charge on any atom is -0.452 e. The highest BCUT2D eigenvalue weighted by atomic mass is 35.5. The summed E-state index contributed by atoms with van der Waals surface area (Å²) in [6.45, 7) is 3.72. The number of nitrogens with one attached hydrogen (secondary N) is 1. The molecule has 1 heterocycles. The Kier molecular flexibility index (Phi) is 6.05. The van der Waals surface area contributed by atoms with Gasteiger partial charge in [0.15, 0.2) is 6.10 Å². The van der Waals surface area contributed by atoms with E-state index in [1.807, 2.05) is 4.90 Å². The first-order valence-corrected chi connectivity index (χ1v) is 9.80. The van der Waals surface area contributed by atoms with Crippen molar-refractivity contribution >= 4 is 35.1 Å². The number of amides is 2. The maximum atomic E-state index is 12.4. The minimum absolute atomic E-state index is 0.00973. The number of rotatable bonds is 5. The van der Waals surface area contributed by atoms with Crippen LogP contribution in [0.2, 0.25) is 5.02 Å². The average Bonchev–Trinajstić information content (AvgIpc) is 3.28. The molecule has 0 unspecified atom stereocenters. The van der Waals surface area contributed by atoms with E-state index in [-0.39, 0.29) is 18.4 Å². The molecule has 2 fully saturated rings. The number of carbonyl (C=O) groups excluding carboxylic acids is 3. The lowest BCUT2D eigenvalue weighted by Crippen LogP contribution is -2.36. The quantitative estimate of drug-likeness (QED) is 0.780. The SMILES string of the molecule is Cc1c(Cl)cccc1NC(=O)[C@@H](C)OC(=O)[C@@H]1CC(=O)N(C2CCCC2)C1. The maximum Gasteiger partial charge on any atom is 0.312 e. The van der Waals surface area contributed by atoms with E-state index in [2.05, 4.69) is 5.32 Å². The molecule has 0 radical (unpaired) electrons. The molecule has 2 amide bonds. The largest absolute Gasteiger partial charge is 0.452 e. The fourth-order valence-corrected chi connectivity index (χ4v) is 3.93. The van der Waals surface area contributed by atoms with Gasteiger partial charge < -0.3 is 15.0 Å². The van der Waals surface area contributed by atoms with Crippen molar-refractivity contribution in [2.24, 2.45) is 5.92 Å². The number of halogens is 1. The summed E-state index contributed by atoms with van der Waals surface area (Å²) >= 11 is 6.06. The third-order valence-corrected chi connectivity index (χ3v) is 5.85. The average molecular weight is 393 g/mol. The first-order chi connectivity index (χ1) is 12.9. The van der Waals surface area contributed by atoms with Crippen LogP contribution < -0.4 is 5.32 Å². The van der Waals surface area contributed by atoms with Gasteiger partial charge in [0.2, 0.25) is 5.91 Å². The van der Waals surface area contributed by atoms with Gasteiger partial charge in [0.05, 0.1) is 5.92 Å². The second kappa shape index (κ2) is 8.30. The van der Waals surface area contributed by atoms with Gasteiger partial charge in [-0.3, -0.25) is 14.4 Å². The minimum atomic E-state index is -0.952. The molecule has 6 nitrogen and oxygen atoms in total. The number of nitrogens with zero attached hydrogens (tertiary/aromatic N) is 1. The number of hydrogen-bond donors (Lipinski definition) is 1. The summed E-state index contributed by atoms with van der Waals surface area (Å²) in [5, 5.41) is 3.28. The molecular formula is C20H25ClN2O4. The lowest BCUT2D eigenvalue weighted by molar-refractivity contribution is -0.157. The van der Waals surface area contributed by atoms with Crippen LogP contribution in [0.15, 0.2) is 18.2 Å². The van der Waals surface area contributed by atoms with E-state index in [1.54, 1.807) is 25.1 Å². The number of likely N-dealkylation sites (tertiary alicyclic amines) is 1. The van der Waals surface area contributed by atoms with Crippen LogP contribution in [-0.2, 0) is 19.1 Å². The molecule has 0 bridgehead atoms. The van der Waals surface area contributed by atoms with Crippen molar-refractivity contribution in [2.75, 3.05) is 11.9 Å². The Morgan fingerprint density at radius 1 is 1.30 bits per heavy atom. The zero-order valence-corrected chi connectivity index (χ0v) is 16.4. The summed E-state index contributed by atoms with van der Waals surface area (Å²) < 4.78 is 5.33. The van der Waals surface area contributed by atoms with Crippen molar-refractivity contribution in [1.82, 2.24) is 4.90 Å². The van der Waals surface area contributed by atoms with Crippen LogP contribution >= 0.6 is 11.6 Å². The molecule has 1 saturated carbocycles. The van der Waals surface area contributed by atoms with E-state index in [0.29, 0.717) is 17.3 Å². The molecular weight excluding hydrogens is 368 g/mol. The van der Waals surface area contributed by atoms with Crippen molar-refractivity contribution in [3.63, 3.8) is 0 Å². The number of carbonyl (C=O) groups is 3. The number of benzene rings is 1. The monoisotopic (exact) mass is 392 g/mol. The van der Waals surface area contributed by atoms with Gasteiger partial charge in [-0.15, -0.1) is 0 Å². The standard InChI is InChI=1S/C20H25ClN2O4/c1-12-16(21)8-5-9-17(12)22-19(25)13(2)27-20(26)14-10-18(24)23(11-14)15-6-3-4-7-15/h5,8-9,13-15H,3-4,6-7,10-11H2,1-2H3,(H,22,25)/t13-,14-/m1/s1. The topological polar surface area (TPSA) is 75.7 Å². The Morgan fingerprint density at radius 3 is 2.70 bits per heavy atom. The third-order valence-electron chi connectivity index (χ3n) is 5.44. The summed E-state index contributed by atoms with van der Waals surface area (Å²) in [6, 6.07) is 5.47. The molecule has 146 valence electrons. The first kappa shape index (κ1) is 19.7. The molecule has 1 aromatic carbocycles. The molecule has 7 heteroatoms. The molecule has 1 aliphatic heterocycles. The second-order valence-corrected chi connectivity index (χ2v) is 7.77. The highest BCUT2D eigenvalue weighted by Gasteiger charge is 2.40. The number of anilines is 1. The van der Waals surface area contributed by atoms with Crippen LogP contribution in [0.4, 0.5) is 5.69 Å². The van der Waals surface area contributed by atoms with E-state index in [1.165, 1.54) is 6.92 Å². The molecule has 3 rings (SSSR count). The lowest BCUT2D eigenvalue weighted by atomic mass is 10.1. The Balaban J connectivity index is 1.55. The highest BCUT2D eigenvalue weighted by molar-refractivity contribution is 6.31. The molecule has 0 aromatic heterocycles. The smallest absolute Gasteiger partial charge is 0.312 e. The summed E-state index contributed by atoms with van der Waals surface area (Å²) in [4.78, 5) is 38.8. The molecule has 0 spiro atoms. The molecule has 27 heavy (non-hydrogen) atoms. The maximum absolute atomic E-state index is 12.4. The number of esters is 1. The molecule has 2 aliphatic rings. The predicted octanol–water partition coefficient (Wildman–Crippen LogP) is 3.31. The lowest BCUT2D eigenvalue weighted by Gasteiger charge is -2.24. The number of hydrogen-bond acceptors (Lipinski definition) is 4. The van der Waals surface area contributed by atoms with E-state index in [9.17, 15) is 14.4 Å². The molecule has 1 aromatic rings. The summed E-state index contributed by atoms with van der Waals surface area (Å²) in [7, 11) is 0. The fraction of sp³-hybridized carbons (Fsp3) is 0.550. The molecule has 1 aliphatic carbocycles. The van der Waals surface area contributed by atoms with Gasteiger partial charge in [0.1, 0.15) is 0 Å². The van der Waals surface area contributed by atoms with Gasteiger partial charge in [0, 0.05) is 29.7 Å². The van der Waals surface area contributed by atoms with Gasteiger partial charge in [-0.2, -0.15) is 0 Å². The normalized spacial score (nSPS) is 21.4. The van der Waals surface area contributed by atoms with Gasteiger partial charge in [-0.1, -0.05) is 30.5 Å². The van der Waals surface area contributed by atoms with Gasteiger partial charge in [-0.25, -0.2) is 0 Å². The van der Waals surface area contributed by atoms with Crippen LogP contribution in [0.3, 0.4) is 0 Å². The second-order valence-electron chi connectivity index (χ2n) is 7.37. The van der Waals surface area contributed by atoms with Crippen LogP contribution in [0.5, 0.6) is 0 Å². The van der Waals surface area contributed by atoms with Crippen LogP contribution in [0.1, 0.15) is 44.6 Å².